The van der Waals surface area contributed by atoms with Crippen molar-refractivity contribution in [1.82, 2.24) is 10.2 Å². The zero-order valence-electron chi connectivity index (χ0n) is 16.8. The van der Waals surface area contributed by atoms with Gasteiger partial charge in [0.25, 0.3) is 0 Å². The fourth-order valence-electron chi connectivity index (χ4n) is 3.39. The number of nitrogens with zero attached hydrogens (tertiary/aromatic N) is 1. The molecule has 1 heterocycles. The Morgan fingerprint density at radius 3 is 2.73 bits per heavy atom. The van der Waals surface area contributed by atoms with Crippen LogP contribution in [0.5, 0.6) is 0 Å². The van der Waals surface area contributed by atoms with E-state index in [9.17, 15) is 9.59 Å². The molecule has 0 saturated carbocycles. The van der Waals surface area contributed by atoms with Crippen LogP contribution < -0.4 is 10.6 Å². The smallest absolute Gasteiger partial charge is 0.224 e. The Labute approximate surface area is 186 Å². The molecule has 1 fully saturated rings. The first kappa shape index (κ1) is 22.6. The number of ether oxygens (including phenoxy) is 1. The highest BCUT2D eigenvalue weighted by Crippen LogP contribution is 2.23. The summed E-state index contributed by atoms with van der Waals surface area (Å²) in [5, 5.41) is 6.78. The Morgan fingerprint density at radius 1 is 1.17 bits per heavy atom. The number of benzene rings is 2. The number of amides is 2. The molecule has 0 aliphatic carbocycles. The average Bonchev–Trinajstić information content (AvgIpc) is 2.71. The second-order valence-corrected chi connectivity index (χ2v) is 8.11. The first-order valence-corrected chi connectivity index (χ1v) is 10.6. The Kier molecular flexibility index (Phi) is 8.10. The van der Waals surface area contributed by atoms with Gasteiger partial charge in [-0.15, -0.1) is 0 Å². The number of morpholine rings is 1. The normalized spacial score (nSPS) is 16.8. The van der Waals surface area contributed by atoms with Crippen molar-refractivity contribution < 1.29 is 14.3 Å². The molecule has 2 amide bonds. The van der Waals surface area contributed by atoms with E-state index in [4.69, 9.17) is 27.9 Å². The topological polar surface area (TPSA) is 70.7 Å². The SMILES string of the molecule is CC(=O)Nc1ccccc1CC(=O)NCC1CN(Cc2ccc(Cl)c(Cl)c2)CCO1. The third-order valence-corrected chi connectivity index (χ3v) is 5.56. The van der Waals surface area contributed by atoms with Crippen molar-refractivity contribution in [3.8, 4) is 0 Å². The fraction of sp³-hybridized carbons (Fsp3) is 0.364. The highest BCUT2D eigenvalue weighted by molar-refractivity contribution is 6.42. The van der Waals surface area contributed by atoms with Crippen LogP contribution in [0.1, 0.15) is 18.1 Å². The number of carbonyl (C=O) groups excluding carboxylic acids is 2. The van der Waals surface area contributed by atoms with E-state index in [1.165, 1.54) is 6.92 Å². The average molecular weight is 450 g/mol. The maximum absolute atomic E-state index is 12.4. The third kappa shape index (κ3) is 6.71. The summed E-state index contributed by atoms with van der Waals surface area (Å²) in [4.78, 5) is 26.0. The van der Waals surface area contributed by atoms with Crippen LogP contribution in [0.2, 0.25) is 10.0 Å². The molecule has 8 heteroatoms. The molecule has 2 aromatic rings. The Hall–Kier alpha value is -2.12. The summed E-state index contributed by atoms with van der Waals surface area (Å²) in [5.74, 6) is -0.279. The summed E-state index contributed by atoms with van der Waals surface area (Å²) < 4.78 is 5.81. The molecule has 160 valence electrons. The summed E-state index contributed by atoms with van der Waals surface area (Å²) in [6, 6.07) is 12.9. The molecule has 6 nitrogen and oxygen atoms in total. The van der Waals surface area contributed by atoms with Gasteiger partial charge in [0.05, 0.1) is 29.2 Å². The third-order valence-electron chi connectivity index (χ3n) is 4.82. The van der Waals surface area contributed by atoms with Crippen LogP contribution >= 0.6 is 23.2 Å². The zero-order chi connectivity index (χ0) is 21.5. The van der Waals surface area contributed by atoms with Gasteiger partial charge in [0.2, 0.25) is 11.8 Å². The highest BCUT2D eigenvalue weighted by atomic mass is 35.5. The molecule has 1 unspecified atom stereocenters. The quantitative estimate of drug-likeness (QED) is 0.678. The Morgan fingerprint density at radius 2 is 1.97 bits per heavy atom. The molecule has 2 N–H and O–H groups in total. The van der Waals surface area contributed by atoms with Crippen molar-refractivity contribution in [3.63, 3.8) is 0 Å². The molecule has 1 aliphatic heterocycles. The second-order valence-electron chi connectivity index (χ2n) is 7.30. The fourth-order valence-corrected chi connectivity index (χ4v) is 3.71. The number of nitrogens with one attached hydrogen (secondary N) is 2. The van der Waals surface area contributed by atoms with E-state index in [2.05, 4.69) is 15.5 Å². The van der Waals surface area contributed by atoms with E-state index < -0.39 is 0 Å². The minimum atomic E-state index is -0.166. The van der Waals surface area contributed by atoms with Gasteiger partial charge >= 0.3 is 0 Å². The van der Waals surface area contributed by atoms with Crippen molar-refractivity contribution in [1.29, 1.82) is 0 Å². The molecule has 30 heavy (non-hydrogen) atoms. The summed E-state index contributed by atoms with van der Waals surface area (Å²) >= 11 is 12.1. The van der Waals surface area contributed by atoms with Crippen LogP contribution in [0, 0.1) is 0 Å². The summed E-state index contributed by atoms with van der Waals surface area (Å²) in [5.41, 5.74) is 2.52. The van der Waals surface area contributed by atoms with Gasteiger partial charge in [0, 0.05) is 38.8 Å². The van der Waals surface area contributed by atoms with E-state index in [-0.39, 0.29) is 24.3 Å². The van der Waals surface area contributed by atoms with E-state index in [0.717, 1.165) is 24.2 Å². The lowest BCUT2D eigenvalue weighted by Crippen LogP contribution is -2.47. The number of hydrogen-bond donors (Lipinski definition) is 2. The molecule has 1 saturated heterocycles. The van der Waals surface area contributed by atoms with Crippen LogP contribution in [0.4, 0.5) is 5.69 Å². The van der Waals surface area contributed by atoms with E-state index in [1.807, 2.05) is 30.3 Å². The van der Waals surface area contributed by atoms with Crippen LogP contribution in [0.3, 0.4) is 0 Å². The second kappa shape index (κ2) is 10.8. The van der Waals surface area contributed by atoms with E-state index in [0.29, 0.717) is 35.4 Å². The van der Waals surface area contributed by atoms with Crippen LogP contribution in [0.15, 0.2) is 42.5 Å². The minimum Gasteiger partial charge on any atom is -0.374 e. The lowest BCUT2D eigenvalue weighted by molar-refractivity contribution is -0.121. The summed E-state index contributed by atoms with van der Waals surface area (Å²) in [6.45, 7) is 4.75. The summed E-state index contributed by atoms with van der Waals surface area (Å²) in [6.07, 6.45) is 0.104. The molecule has 0 bridgehead atoms. The van der Waals surface area contributed by atoms with E-state index in [1.54, 1.807) is 12.1 Å². The first-order valence-electron chi connectivity index (χ1n) is 9.81. The van der Waals surface area contributed by atoms with Gasteiger partial charge in [-0.3, -0.25) is 14.5 Å². The maximum Gasteiger partial charge on any atom is 0.224 e. The number of anilines is 1. The van der Waals surface area contributed by atoms with Crippen molar-refractivity contribution in [2.75, 3.05) is 31.6 Å². The predicted molar refractivity (Wildman–Crippen MR) is 119 cm³/mol. The van der Waals surface area contributed by atoms with Crippen molar-refractivity contribution in [3.05, 3.63) is 63.6 Å². The van der Waals surface area contributed by atoms with Crippen LogP contribution in [0.25, 0.3) is 0 Å². The van der Waals surface area contributed by atoms with Gasteiger partial charge in [-0.05, 0) is 29.3 Å². The molecule has 3 rings (SSSR count). The van der Waals surface area contributed by atoms with Gasteiger partial charge in [0.15, 0.2) is 0 Å². The number of rotatable bonds is 7. The molecule has 1 aliphatic rings. The number of hydrogen-bond acceptors (Lipinski definition) is 4. The minimum absolute atomic E-state index is 0.0870. The summed E-state index contributed by atoms with van der Waals surface area (Å²) in [7, 11) is 0. The Bertz CT molecular complexity index is 907. The van der Waals surface area contributed by atoms with Crippen molar-refractivity contribution >= 4 is 40.7 Å². The molecule has 2 aromatic carbocycles. The number of halogens is 2. The molecule has 1 atom stereocenters. The van der Waals surface area contributed by atoms with Crippen LogP contribution in [-0.4, -0.2) is 49.1 Å². The standard InChI is InChI=1S/C22H25Cl2N3O3/c1-15(28)26-21-5-3-2-4-17(21)11-22(29)25-12-18-14-27(8-9-30-18)13-16-6-7-19(23)20(24)10-16/h2-7,10,18H,8-9,11-14H2,1H3,(H,25,29)(H,26,28). The van der Waals surface area contributed by atoms with Crippen molar-refractivity contribution in [2.24, 2.45) is 0 Å². The first-order chi connectivity index (χ1) is 14.4. The number of para-hydroxylation sites is 1. The molecular formula is C22H25Cl2N3O3. The molecule has 0 radical (unpaired) electrons. The van der Waals surface area contributed by atoms with Gasteiger partial charge in [0.1, 0.15) is 0 Å². The maximum atomic E-state index is 12.4. The van der Waals surface area contributed by atoms with Gasteiger partial charge in [-0.25, -0.2) is 0 Å². The van der Waals surface area contributed by atoms with Crippen molar-refractivity contribution in [2.45, 2.75) is 26.0 Å². The van der Waals surface area contributed by atoms with Gasteiger partial charge in [-0.1, -0.05) is 47.5 Å². The van der Waals surface area contributed by atoms with E-state index >= 15 is 0 Å². The molecule has 0 spiro atoms. The molecular weight excluding hydrogens is 425 g/mol. The lowest BCUT2D eigenvalue weighted by atomic mass is 10.1. The Balaban J connectivity index is 1.49. The monoisotopic (exact) mass is 449 g/mol. The highest BCUT2D eigenvalue weighted by Gasteiger charge is 2.21. The van der Waals surface area contributed by atoms with Gasteiger partial charge < -0.3 is 15.4 Å². The predicted octanol–water partition coefficient (Wildman–Crippen LogP) is 3.51. The largest absolute Gasteiger partial charge is 0.374 e. The lowest BCUT2D eigenvalue weighted by Gasteiger charge is -2.33. The zero-order valence-corrected chi connectivity index (χ0v) is 18.3. The van der Waals surface area contributed by atoms with Gasteiger partial charge in [-0.2, -0.15) is 0 Å². The molecule has 0 aromatic heterocycles. The van der Waals surface area contributed by atoms with Crippen LogP contribution in [-0.2, 0) is 27.3 Å². The number of carbonyl (C=O) groups is 2.